The summed E-state index contributed by atoms with van der Waals surface area (Å²) >= 11 is 0. The Morgan fingerprint density at radius 3 is 1.61 bits per heavy atom. The molecule has 2 heterocycles. The second-order valence-corrected chi connectivity index (χ2v) is 14.7. The van der Waals surface area contributed by atoms with Gasteiger partial charge in [-0.1, -0.05) is 127 Å². The summed E-state index contributed by atoms with van der Waals surface area (Å²) in [4.78, 5) is 43.6. The summed E-state index contributed by atoms with van der Waals surface area (Å²) in [7, 11) is 0. The van der Waals surface area contributed by atoms with Gasteiger partial charge in [0.15, 0.2) is 5.78 Å². The monoisotopic (exact) mass is 816 g/mol. The minimum absolute atomic E-state index is 0.0307. The third-order valence-electron chi connectivity index (χ3n) is 9.75. The third kappa shape index (κ3) is 11.4. The van der Waals surface area contributed by atoms with E-state index in [1.54, 1.807) is 0 Å². The van der Waals surface area contributed by atoms with Crippen molar-refractivity contribution in [1.82, 2.24) is 29.9 Å². The highest BCUT2D eigenvalue weighted by atomic mass is 16.1. The van der Waals surface area contributed by atoms with Gasteiger partial charge in [-0.3, -0.25) is 4.79 Å². The van der Waals surface area contributed by atoms with Crippen molar-refractivity contribution in [3.05, 3.63) is 197 Å². The molecule has 0 bridgehead atoms. The molecule has 0 fully saturated rings. The number of ketones is 1. The van der Waals surface area contributed by atoms with Crippen LogP contribution in [0.4, 0.5) is 46.5 Å². The van der Waals surface area contributed by atoms with Crippen LogP contribution in [0.2, 0.25) is 0 Å². The summed E-state index contributed by atoms with van der Waals surface area (Å²) in [6, 6.07) is 45.0. The van der Waals surface area contributed by atoms with Gasteiger partial charge in [0.25, 0.3) is 0 Å². The van der Waals surface area contributed by atoms with Crippen LogP contribution >= 0.6 is 0 Å². The van der Waals surface area contributed by atoms with Crippen molar-refractivity contribution in [3.8, 4) is 0 Å². The number of nitrogens with one attached hydrogen (secondary N) is 3. The fourth-order valence-electron chi connectivity index (χ4n) is 6.47. The number of hydrogen-bond acceptors (Lipinski definition) is 11. The van der Waals surface area contributed by atoms with Crippen molar-refractivity contribution in [2.45, 2.75) is 34.6 Å². The minimum atomic E-state index is -0.113. The normalized spacial score (nSPS) is 10.8. The number of benzene rings is 4. The van der Waals surface area contributed by atoms with Crippen molar-refractivity contribution in [2.24, 2.45) is 0 Å². The molecule has 0 amide bonds. The number of anilines is 8. The highest BCUT2D eigenvalue weighted by molar-refractivity contribution is 6.00. The molecule has 2 aromatic heterocycles. The van der Waals surface area contributed by atoms with E-state index in [-0.39, 0.29) is 12.3 Å². The molecule has 0 aliphatic carbocycles. The topological polar surface area (TPSA) is 134 Å². The van der Waals surface area contributed by atoms with Gasteiger partial charge in [0.2, 0.25) is 23.8 Å². The molecule has 0 aliphatic rings. The number of nitrogens with zero attached hydrogens (tertiary/aromatic N) is 7. The largest absolute Gasteiger partial charge is 0.324 e. The van der Waals surface area contributed by atoms with Gasteiger partial charge in [0, 0.05) is 28.3 Å². The molecule has 0 aliphatic heterocycles. The van der Waals surface area contributed by atoms with Crippen molar-refractivity contribution in [2.75, 3.05) is 27.4 Å². The molecule has 0 spiro atoms. The van der Waals surface area contributed by atoms with E-state index in [9.17, 15) is 4.79 Å². The van der Waals surface area contributed by atoms with Gasteiger partial charge in [-0.25, -0.2) is 0 Å². The number of hydrogen-bond donors (Lipinski definition) is 3. The number of rotatable bonds is 14. The Morgan fingerprint density at radius 1 is 0.532 bits per heavy atom. The SMILES string of the molecule is C=Cc1cc(N(CC(=O)c2ccccccccc2)c2nc(C)nc(Nc3ccc(C)cc3)n2)ccc1C=Cc1ccc(Nc2nc(C)nc(Nc3ccc(C)cc3)n2)cc1C. The number of aromatic nitrogens is 6. The van der Waals surface area contributed by atoms with Gasteiger partial charge in [0.05, 0.1) is 6.54 Å². The van der Waals surface area contributed by atoms with Gasteiger partial charge in [-0.15, -0.1) is 0 Å². The van der Waals surface area contributed by atoms with Crippen molar-refractivity contribution in [1.29, 1.82) is 0 Å². The van der Waals surface area contributed by atoms with Crippen LogP contribution in [-0.4, -0.2) is 42.2 Å². The molecule has 7 aromatic rings. The first-order valence-corrected chi connectivity index (χ1v) is 20.2. The van der Waals surface area contributed by atoms with E-state index >= 15 is 0 Å². The van der Waals surface area contributed by atoms with Crippen molar-refractivity contribution < 1.29 is 4.79 Å². The lowest BCUT2D eigenvalue weighted by atomic mass is 10.0. The molecular weight excluding hydrogens is 769 g/mol. The molecule has 0 saturated heterocycles. The third-order valence-corrected chi connectivity index (χ3v) is 9.75. The van der Waals surface area contributed by atoms with Gasteiger partial charge in [-0.05, 0) is 105 Å². The zero-order valence-corrected chi connectivity index (χ0v) is 35.5. The predicted octanol–water partition coefficient (Wildman–Crippen LogP) is 11.8. The number of aryl methyl sites for hydroxylation is 5. The van der Waals surface area contributed by atoms with E-state index in [0.29, 0.717) is 41.0 Å². The zero-order chi connectivity index (χ0) is 43.4. The molecular formula is C51H48N10O. The number of Topliss-reactive ketones (excluding diaryl/α,β-unsaturated/α-hetero) is 1. The molecule has 5 aromatic carbocycles. The molecule has 0 unspecified atom stereocenters. The van der Waals surface area contributed by atoms with Crippen LogP contribution in [0.3, 0.4) is 0 Å². The van der Waals surface area contributed by atoms with E-state index in [1.807, 2.05) is 166 Å². The zero-order valence-electron chi connectivity index (χ0n) is 35.5. The molecule has 11 heteroatoms. The van der Waals surface area contributed by atoms with Crippen molar-refractivity contribution >= 4 is 70.6 Å². The lowest BCUT2D eigenvalue weighted by molar-refractivity contribution is 0.100. The van der Waals surface area contributed by atoms with E-state index in [0.717, 1.165) is 50.6 Å². The lowest BCUT2D eigenvalue weighted by Gasteiger charge is -2.24. The second-order valence-electron chi connectivity index (χ2n) is 14.7. The van der Waals surface area contributed by atoms with Gasteiger partial charge >= 0.3 is 0 Å². The van der Waals surface area contributed by atoms with Crippen LogP contribution in [-0.2, 0) is 0 Å². The average Bonchev–Trinajstić information content (AvgIpc) is 3.25. The summed E-state index contributed by atoms with van der Waals surface area (Å²) in [5.74, 6) is 2.60. The maximum Gasteiger partial charge on any atom is 0.235 e. The van der Waals surface area contributed by atoms with Gasteiger partial charge in [0.1, 0.15) is 11.6 Å². The molecule has 308 valence electrons. The number of carbonyl (C=O) groups is 1. The highest BCUT2D eigenvalue weighted by Gasteiger charge is 2.20. The Labute approximate surface area is 362 Å². The minimum Gasteiger partial charge on any atom is -0.324 e. The molecule has 0 atom stereocenters. The Kier molecular flexibility index (Phi) is 13.4. The molecule has 0 radical (unpaired) electrons. The first-order chi connectivity index (χ1) is 30.1. The van der Waals surface area contributed by atoms with E-state index < -0.39 is 0 Å². The quantitative estimate of drug-likeness (QED) is 0.0715. The molecule has 62 heavy (non-hydrogen) atoms. The standard InChI is InChI=1S/C51H48N10O/c1-7-39-32-46(30-24-41(39)22-21-40-23-29-45(31-36(40)4)58-49-53-37(5)52-48(59-49)56-43-25-17-34(2)18-26-43)61(33-47(62)42-15-13-11-9-8-10-12-14-16-42)51-55-38(6)54-50(60-51)57-44-27-19-35(3)20-28-44/h7-32H,1,33H2,2-6H3,(H,54,55,57,60)(H2,52,53,56,58,59). The Bertz CT molecular complexity index is 2780. The average molecular weight is 817 g/mol. The first kappa shape index (κ1) is 42.1. The van der Waals surface area contributed by atoms with E-state index in [4.69, 9.17) is 9.97 Å². The summed E-state index contributed by atoms with van der Waals surface area (Å²) in [6.45, 7) is 13.9. The Morgan fingerprint density at radius 2 is 1.03 bits per heavy atom. The van der Waals surface area contributed by atoms with Crippen LogP contribution in [0.1, 0.15) is 55.4 Å². The molecule has 3 N–H and O–H groups in total. The summed E-state index contributed by atoms with van der Waals surface area (Å²) in [5, 5.41) is 9.90. The number of carbonyl (C=O) groups excluding carboxylic acids is 1. The van der Waals surface area contributed by atoms with Crippen LogP contribution in [0.25, 0.3) is 18.2 Å². The molecule has 11 nitrogen and oxygen atoms in total. The smallest absolute Gasteiger partial charge is 0.235 e. The summed E-state index contributed by atoms with van der Waals surface area (Å²) in [6.07, 6.45) is 5.94. The van der Waals surface area contributed by atoms with Crippen molar-refractivity contribution in [3.63, 3.8) is 0 Å². The van der Waals surface area contributed by atoms with Crippen LogP contribution in [0.5, 0.6) is 0 Å². The highest BCUT2D eigenvalue weighted by Crippen LogP contribution is 2.29. The second kappa shape index (κ2) is 19.8. The van der Waals surface area contributed by atoms with Crippen LogP contribution in [0.15, 0.2) is 146 Å². The van der Waals surface area contributed by atoms with E-state index in [2.05, 4.69) is 73.7 Å². The first-order valence-electron chi connectivity index (χ1n) is 20.2. The molecule has 7 rings (SSSR count). The fourth-order valence-corrected chi connectivity index (χ4v) is 6.47. The predicted molar refractivity (Wildman–Crippen MR) is 253 cm³/mol. The Balaban J connectivity index is 1.15. The molecule has 0 saturated carbocycles. The summed E-state index contributed by atoms with van der Waals surface area (Å²) in [5.41, 5.74) is 10.1. The van der Waals surface area contributed by atoms with E-state index in [1.165, 1.54) is 5.56 Å². The maximum absolute atomic E-state index is 14.1. The maximum atomic E-state index is 14.1. The Hall–Kier alpha value is -8.05. The van der Waals surface area contributed by atoms with Gasteiger partial charge in [-0.2, -0.15) is 29.9 Å². The summed E-state index contributed by atoms with van der Waals surface area (Å²) < 4.78 is 0. The van der Waals surface area contributed by atoms with Crippen LogP contribution < -0.4 is 20.9 Å². The van der Waals surface area contributed by atoms with Gasteiger partial charge < -0.3 is 20.9 Å². The fraction of sp³-hybridized carbons (Fsp3) is 0.118. The lowest BCUT2D eigenvalue weighted by Crippen LogP contribution is -2.28. The van der Waals surface area contributed by atoms with Crippen LogP contribution in [0, 0.1) is 34.6 Å².